The van der Waals surface area contributed by atoms with Crippen LogP contribution in [0.4, 0.5) is 5.69 Å². The number of anilines is 1. The predicted molar refractivity (Wildman–Crippen MR) is 109 cm³/mol. The molecule has 0 bridgehead atoms. The lowest BCUT2D eigenvalue weighted by molar-refractivity contribution is -0.146. The molecule has 7 nitrogen and oxygen atoms in total. The van der Waals surface area contributed by atoms with Crippen LogP contribution in [0.25, 0.3) is 0 Å². The topological polar surface area (TPSA) is 102 Å². The van der Waals surface area contributed by atoms with Crippen molar-refractivity contribution in [2.45, 2.75) is 37.5 Å². The van der Waals surface area contributed by atoms with Crippen molar-refractivity contribution in [1.29, 1.82) is 0 Å². The second-order valence-corrected chi connectivity index (χ2v) is 8.75. The van der Waals surface area contributed by atoms with Gasteiger partial charge in [-0.15, -0.1) is 0 Å². The van der Waals surface area contributed by atoms with E-state index in [1.165, 1.54) is 5.56 Å². The number of fused-ring (bicyclic) bond motifs is 1. The minimum Gasteiger partial charge on any atom is -0.455 e. The summed E-state index contributed by atoms with van der Waals surface area (Å²) in [5.74, 6) is -1.32. The van der Waals surface area contributed by atoms with Crippen LogP contribution in [-0.2, 0) is 37.2 Å². The summed E-state index contributed by atoms with van der Waals surface area (Å²) in [6.45, 7) is 0.807. The van der Waals surface area contributed by atoms with E-state index in [2.05, 4.69) is 10.0 Å². The van der Waals surface area contributed by atoms with Gasteiger partial charge in [-0.25, -0.2) is 8.42 Å². The van der Waals surface area contributed by atoms with Crippen LogP contribution in [0.5, 0.6) is 0 Å². The molecule has 1 amide bonds. The largest absolute Gasteiger partial charge is 0.455 e. The number of carbonyl (C=O) groups excluding carboxylic acids is 2. The fraction of sp³-hybridized carbons (Fsp3) is 0.333. The molecule has 1 aliphatic carbocycles. The SMILES string of the molecule is Cc1ccccc1NC(=O)COC(=O)CNS(=O)(=O)c1ccc2c(c1)CCCC2. The maximum absolute atomic E-state index is 12.4. The van der Waals surface area contributed by atoms with E-state index < -0.39 is 35.1 Å². The van der Waals surface area contributed by atoms with Gasteiger partial charge in [0.15, 0.2) is 6.61 Å². The van der Waals surface area contributed by atoms with Crippen LogP contribution in [-0.4, -0.2) is 33.4 Å². The Balaban J connectivity index is 1.49. The number of para-hydroxylation sites is 1. The number of amides is 1. The summed E-state index contributed by atoms with van der Waals surface area (Å²) < 4.78 is 32.0. The van der Waals surface area contributed by atoms with E-state index in [1.54, 1.807) is 24.3 Å². The molecule has 0 saturated carbocycles. The Labute approximate surface area is 170 Å². The third-order valence-corrected chi connectivity index (χ3v) is 6.22. The normalized spacial score (nSPS) is 13.4. The highest BCUT2D eigenvalue weighted by atomic mass is 32.2. The van der Waals surface area contributed by atoms with Gasteiger partial charge in [0.05, 0.1) is 4.90 Å². The van der Waals surface area contributed by atoms with Gasteiger partial charge in [0.1, 0.15) is 6.54 Å². The number of carbonyl (C=O) groups is 2. The standard InChI is InChI=1S/C21H24N2O5S/c1-15-6-2-5-9-19(15)23-20(24)14-28-21(25)13-22-29(26,27)18-11-10-16-7-3-4-8-17(16)12-18/h2,5-6,9-12,22H,3-4,7-8,13-14H2,1H3,(H,23,24). The first kappa shape index (κ1) is 21.0. The van der Waals surface area contributed by atoms with Crippen LogP contribution in [0, 0.1) is 6.92 Å². The second-order valence-electron chi connectivity index (χ2n) is 6.99. The van der Waals surface area contributed by atoms with Gasteiger partial charge in [-0.3, -0.25) is 9.59 Å². The van der Waals surface area contributed by atoms with Gasteiger partial charge in [-0.1, -0.05) is 24.3 Å². The zero-order valence-corrected chi connectivity index (χ0v) is 17.1. The number of benzene rings is 2. The van der Waals surface area contributed by atoms with Gasteiger partial charge in [0.25, 0.3) is 5.91 Å². The second kappa shape index (κ2) is 9.19. The van der Waals surface area contributed by atoms with E-state index in [9.17, 15) is 18.0 Å². The summed E-state index contributed by atoms with van der Waals surface area (Å²) in [5, 5.41) is 2.64. The molecule has 0 aliphatic heterocycles. The fourth-order valence-electron chi connectivity index (χ4n) is 3.21. The molecule has 1 aliphatic rings. The van der Waals surface area contributed by atoms with Crippen LogP contribution in [0.2, 0.25) is 0 Å². The molecule has 2 aromatic carbocycles. The smallest absolute Gasteiger partial charge is 0.321 e. The Kier molecular flexibility index (Phi) is 6.66. The molecule has 3 rings (SSSR count). The summed E-state index contributed by atoms with van der Waals surface area (Å²) in [7, 11) is -3.83. The van der Waals surface area contributed by atoms with Crippen LogP contribution in [0.1, 0.15) is 29.5 Å². The maximum atomic E-state index is 12.4. The van der Waals surface area contributed by atoms with Gasteiger partial charge >= 0.3 is 5.97 Å². The van der Waals surface area contributed by atoms with Crippen molar-refractivity contribution in [1.82, 2.24) is 4.72 Å². The Morgan fingerprint density at radius 2 is 1.76 bits per heavy atom. The predicted octanol–water partition coefficient (Wildman–Crippen LogP) is 2.33. The van der Waals surface area contributed by atoms with Gasteiger partial charge < -0.3 is 10.1 Å². The van der Waals surface area contributed by atoms with Crippen molar-refractivity contribution < 1.29 is 22.7 Å². The van der Waals surface area contributed by atoms with Crippen molar-refractivity contribution in [2.75, 3.05) is 18.5 Å². The molecular weight excluding hydrogens is 392 g/mol. The molecule has 29 heavy (non-hydrogen) atoms. The monoisotopic (exact) mass is 416 g/mol. The third kappa shape index (κ3) is 5.65. The molecule has 2 aromatic rings. The molecular formula is C21H24N2O5S. The number of sulfonamides is 1. The van der Waals surface area contributed by atoms with Crippen molar-refractivity contribution in [3.8, 4) is 0 Å². The molecule has 0 atom stereocenters. The Hall–Kier alpha value is -2.71. The van der Waals surface area contributed by atoms with Crippen molar-refractivity contribution in [3.05, 3.63) is 59.2 Å². The zero-order valence-electron chi connectivity index (χ0n) is 16.2. The first-order chi connectivity index (χ1) is 13.8. The minimum atomic E-state index is -3.83. The van der Waals surface area contributed by atoms with Crippen molar-refractivity contribution in [3.63, 3.8) is 0 Å². The zero-order chi connectivity index (χ0) is 20.9. The molecule has 0 heterocycles. The van der Waals surface area contributed by atoms with Crippen LogP contribution >= 0.6 is 0 Å². The van der Waals surface area contributed by atoms with Crippen LogP contribution < -0.4 is 10.0 Å². The van der Waals surface area contributed by atoms with Gasteiger partial charge in [0, 0.05) is 5.69 Å². The number of aryl methyl sites for hydroxylation is 3. The highest BCUT2D eigenvalue weighted by Crippen LogP contribution is 2.24. The maximum Gasteiger partial charge on any atom is 0.321 e. The Bertz CT molecular complexity index is 1020. The van der Waals surface area contributed by atoms with Gasteiger partial charge in [0.2, 0.25) is 10.0 Å². The van der Waals surface area contributed by atoms with Crippen molar-refractivity contribution >= 4 is 27.6 Å². The number of ether oxygens (including phenoxy) is 1. The van der Waals surface area contributed by atoms with Gasteiger partial charge in [-0.2, -0.15) is 4.72 Å². The number of nitrogens with one attached hydrogen (secondary N) is 2. The summed E-state index contributed by atoms with van der Waals surface area (Å²) in [6, 6.07) is 12.3. The van der Waals surface area contributed by atoms with Crippen LogP contribution in [0.15, 0.2) is 47.4 Å². The lowest BCUT2D eigenvalue weighted by atomic mass is 9.92. The fourth-order valence-corrected chi connectivity index (χ4v) is 4.23. The lowest BCUT2D eigenvalue weighted by Crippen LogP contribution is -2.32. The van der Waals surface area contributed by atoms with Gasteiger partial charge in [-0.05, 0) is 67.5 Å². The quantitative estimate of drug-likeness (QED) is 0.675. The molecule has 0 unspecified atom stereocenters. The summed E-state index contributed by atoms with van der Waals surface area (Å²) >= 11 is 0. The summed E-state index contributed by atoms with van der Waals surface area (Å²) in [4.78, 5) is 23.9. The molecule has 0 fully saturated rings. The first-order valence-electron chi connectivity index (χ1n) is 9.48. The summed E-state index contributed by atoms with van der Waals surface area (Å²) in [6.07, 6.45) is 3.97. The molecule has 0 spiro atoms. The third-order valence-electron chi connectivity index (χ3n) is 4.82. The van der Waals surface area contributed by atoms with E-state index >= 15 is 0 Å². The van der Waals surface area contributed by atoms with E-state index in [1.807, 2.05) is 25.1 Å². The molecule has 0 saturated heterocycles. The Morgan fingerprint density at radius 3 is 2.52 bits per heavy atom. The molecule has 0 aromatic heterocycles. The first-order valence-corrected chi connectivity index (χ1v) is 11.0. The number of rotatable bonds is 7. The number of hydrogen-bond donors (Lipinski definition) is 2. The van der Waals surface area contributed by atoms with Crippen LogP contribution in [0.3, 0.4) is 0 Å². The summed E-state index contributed by atoms with van der Waals surface area (Å²) in [5.41, 5.74) is 3.72. The Morgan fingerprint density at radius 1 is 1.03 bits per heavy atom. The molecule has 154 valence electrons. The minimum absolute atomic E-state index is 0.128. The molecule has 8 heteroatoms. The highest BCUT2D eigenvalue weighted by Gasteiger charge is 2.19. The average molecular weight is 416 g/mol. The molecule has 2 N–H and O–H groups in total. The van der Waals surface area contributed by atoms with E-state index in [4.69, 9.17) is 4.74 Å². The van der Waals surface area contributed by atoms with Crippen molar-refractivity contribution in [2.24, 2.45) is 0 Å². The lowest BCUT2D eigenvalue weighted by Gasteiger charge is -2.16. The number of esters is 1. The molecule has 0 radical (unpaired) electrons. The van der Waals surface area contributed by atoms with E-state index in [0.717, 1.165) is 36.8 Å². The number of hydrogen-bond acceptors (Lipinski definition) is 5. The van der Waals surface area contributed by atoms with E-state index in [-0.39, 0.29) is 4.90 Å². The highest BCUT2D eigenvalue weighted by molar-refractivity contribution is 7.89. The average Bonchev–Trinajstić information content (AvgIpc) is 2.72. The van der Waals surface area contributed by atoms with E-state index in [0.29, 0.717) is 5.69 Å².